The number of hydrogen-bond acceptors (Lipinski definition) is 6. The maximum absolute atomic E-state index is 12.6. The number of carbonyl (C=O) groups is 2. The van der Waals surface area contributed by atoms with Crippen LogP contribution in [0.15, 0.2) is 47.1 Å². The molecule has 0 radical (unpaired) electrons. The lowest BCUT2D eigenvalue weighted by atomic mass is 10.1. The standard InChI is InChI=1S/C26H36N4O4/c1-33-22-12-10-21(11-13-22)29-14-16-30(17-15-29)23(24-9-6-18-34-24)19-27-25(31)26(32)28-20-7-4-2-3-5-8-20/h6,9-13,18,20,23H,2-5,7-8,14-17,19H2,1H3,(H,27,31)(H,28,32)/t23-/m0/s1. The maximum Gasteiger partial charge on any atom is 0.309 e. The third-order valence-corrected chi connectivity index (χ3v) is 6.92. The lowest BCUT2D eigenvalue weighted by Crippen LogP contribution is -2.51. The van der Waals surface area contributed by atoms with Crippen molar-refractivity contribution in [1.82, 2.24) is 15.5 Å². The van der Waals surface area contributed by atoms with Gasteiger partial charge in [-0.3, -0.25) is 14.5 Å². The van der Waals surface area contributed by atoms with Crippen LogP contribution < -0.4 is 20.3 Å². The van der Waals surface area contributed by atoms with Gasteiger partial charge in [-0.25, -0.2) is 0 Å². The molecule has 0 unspecified atom stereocenters. The molecule has 1 aromatic carbocycles. The summed E-state index contributed by atoms with van der Waals surface area (Å²) in [5.41, 5.74) is 1.17. The Hall–Kier alpha value is -3.00. The van der Waals surface area contributed by atoms with E-state index in [0.717, 1.165) is 63.4 Å². The Morgan fingerprint density at radius 3 is 2.32 bits per heavy atom. The van der Waals surface area contributed by atoms with Crippen molar-refractivity contribution < 1.29 is 18.7 Å². The van der Waals surface area contributed by atoms with Crippen molar-refractivity contribution in [3.05, 3.63) is 48.4 Å². The van der Waals surface area contributed by atoms with E-state index >= 15 is 0 Å². The number of hydrogen-bond donors (Lipinski definition) is 2. The highest BCUT2D eigenvalue weighted by atomic mass is 16.5. The number of methoxy groups -OCH3 is 1. The van der Waals surface area contributed by atoms with Crippen molar-refractivity contribution in [3.63, 3.8) is 0 Å². The first-order chi connectivity index (χ1) is 16.6. The summed E-state index contributed by atoms with van der Waals surface area (Å²) in [6, 6.07) is 11.9. The first-order valence-electron chi connectivity index (χ1n) is 12.4. The lowest BCUT2D eigenvalue weighted by Gasteiger charge is -2.39. The van der Waals surface area contributed by atoms with Crippen molar-refractivity contribution in [1.29, 1.82) is 0 Å². The van der Waals surface area contributed by atoms with Gasteiger partial charge in [0.05, 0.1) is 19.4 Å². The third kappa shape index (κ3) is 6.32. The molecule has 1 atom stereocenters. The third-order valence-electron chi connectivity index (χ3n) is 6.92. The molecule has 8 heteroatoms. The van der Waals surface area contributed by atoms with Gasteiger partial charge in [-0.2, -0.15) is 0 Å². The van der Waals surface area contributed by atoms with E-state index in [1.807, 2.05) is 24.3 Å². The molecule has 2 amide bonds. The fraction of sp³-hybridized carbons (Fsp3) is 0.538. The molecule has 1 aliphatic carbocycles. The predicted octanol–water partition coefficient (Wildman–Crippen LogP) is 3.11. The number of amides is 2. The zero-order chi connectivity index (χ0) is 23.8. The Balaban J connectivity index is 1.31. The first kappa shape index (κ1) is 24.1. The topological polar surface area (TPSA) is 87.0 Å². The fourth-order valence-electron chi connectivity index (χ4n) is 4.92. The minimum absolute atomic E-state index is 0.104. The molecule has 1 aromatic heterocycles. The summed E-state index contributed by atoms with van der Waals surface area (Å²) in [7, 11) is 1.67. The molecule has 8 nitrogen and oxygen atoms in total. The molecule has 2 aromatic rings. The molecule has 2 aliphatic rings. The van der Waals surface area contributed by atoms with Gasteiger partial charge in [-0.1, -0.05) is 25.7 Å². The minimum atomic E-state index is -0.572. The van der Waals surface area contributed by atoms with Gasteiger partial charge < -0.3 is 24.7 Å². The average Bonchev–Trinajstić information content (AvgIpc) is 3.28. The number of piperazine rings is 1. The second-order valence-corrected chi connectivity index (χ2v) is 9.12. The van der Waals surface area contributed by atoms with Gasteiger partial charge in [-0.05, 0) is 49.2 Å². The van der Waals surface area contributed by atoms with Crippen LogP contribution in [0.2, 0.25) is 0 Å². The summed E-state index contributed by atoms with van der Waals surface area (Å²) < 4.78 is 11.0. The van der Waals surface area contributed by atoms with Gasteiger partial charge in [-0.15, -0.1) is 0 Å². The molecular formula is C26H36N4O4. The van der Waals surface area contributed by atoms with Crippen LogP contribution in [0.5, 0.6) is 5.75 Å². The van der Waals surface area contributed by atoms with E-state index in [1.165, 1.54) is 18.5 Å². The quantitative estimate of drug-likeness (QED) is 0.480. The molecule has 1 aliphatic heterocycles. The number of carbonyl (C=O) groups excluding carboxylic acids is 2. The zero-order valence-electron chi connectivity index (χ0n) is 20.0. The molecule has 34 heavy (non-hydrogen) atoms. The Bertz CT molecular complexity index is 899. The molecule has 184 valence electrons. The predicted molar refractivity (Wildman–Crippen MR) is 131 cm³/mol. The fourth-order valence-corrected chi connectivity index (χ4v) is 4.92. The van der Waals surface area contributed by atoms with Crippen molar-refractivity contribution in [2.45, 2.75) is 50.6 Å². The minimum Gasteiger partial charge on any atom is -0.497 e. The highest BCUT2D eigenvalue weighted by molar-refractivity contribution is 6.35. The van der Waals surface area contributed by atoms with Crippen LogP contribution in [0.4, 0.5) is 5.69 Å². The molecule has 0 spiro atoms. The van der Waals surface area contributed by atoms with Crippen LogP contribution in [-0.4, -0.2) is 62.6 Å². The van der Waals surface area contributed by atoms with Crippen molar-refractivity contribution >= 4 is 17.5 Å². The molecule has 2 N–H and O–H groups in total. The number of nitrogens with one attached hydrogen (secondary N) is 2. The summed E-state index contributed by atoms with van der Waals surface area (Å²) in [6.07, 6.45) is 8.17. The number of nitrogens with zero attached hydrogens (tertiary/aromatic N) is 2. The second-order valence-electron chi connectivity index (χ2n) is 9.12. The Morgan fingerprint density at radius 2 is 1.71 bits per heavy atom. The molecule has 1 saturated carbocycles. The van der Waals surface area contributed by atoms with Crippen LogP contribution in [0.25, 0.3) is 0 Å². The van der Waals surface area contributed by atoms with Gasteiger partial charge >= 0.3 is 11.8 Å². The van der Waals surface area contributed by atoms with Crippen LogP contribution >= 0.6 is 0 Å². The summed E-state index contributed by atoms with van der Waals surface area (Å²) in [5, 5.41) is 5.77. The SMILES string of the molecule is COc1ccc(N2CCN([C@@H](CNC(=O)C(=O)NC3CCCCCC3)c3ccco3)CC2)cc1. The molecule has 0 bridgehead atoms. The maximum atomic E-state index is 12.6. The summed E-state index contributed by atoms with van der Waals surface area (Å²) >= 11 is 0. The smallest absolute Gasteiger partial charge is 0.309 e. The number of anilines is 1. The van der Waals surface area contributed by atoms with Crippen molar-refractivity contribution in [2.24, 2.45) is 0 Å². The average molecular weight is 469 g/mol. The van der Waals surface area contributed by atoms with Gasteiger partial charge in [0.1, 0.15) is 11.5 Å². The largest absolute Gasteiger partial charge is 0.497 e. The van der Waals surface area contributed by atoms with E-state index < -0.39 is 11.8 Å². The number of benzene rings is 1. The van der Waals surface area contributed by atoms with E-state index in [-0.39, 0.29) is 12.1 Å². The van der Waals surface area contributed by atoms with E-state index in [9.17, 15) is 9.59 Å². The summed E-state index contributed by atoms with van der Waals surface area (Å²) in [4.78, 5) is 29.7. The monoisotopic (exact) mass is 468 g/mol. The Kier molecular flexibility index (Phi) is 8.46. The van der Waals surface area contributed by atoms with E-state index in [4.69, 9.17) is 9.15 Å². The summed E-state index contributed by atoms with van der Waals surface area (Å²) in [5.74, 6) is 0.536. The number of rotatable bonds is 7. The van der Waals surface area contributed by atoms with Gasteiger partial charge in [0.25, 0.3) is 0 Å². The molecule has 1 saturated heterocycles. The second kappa shape index (κ2) is 11.9. The highest BCUT2D eigenvalue weighted by Gasteiger charge is 2.28. The van der Waals surface area contributed by atoms with Crippen molar-refractivity contribution in [2.75, 3.05) is 44.7 Å². The first-order valence-corrected chi connectivity index (χ1v) is 12.4. The van der Waals surface area contributed by atoms with Crippen LogP contribution in [0.3, 0.4) is 0 Å². The molecular weight excluding hydrogens is 432 g/mol. The summed E-state index contributed by atoms with van der Waals surface area (Å²) in [6.45, 7) is 3.69. The Morgan fingerprint density at radius 1 is 1.00 bits per heavy atom. The van der Waals surface area contributed by atoms with Crippen LogP contribution in [0, 0.1) is 0 Å². The van der Waals surface area contributed by atoms with E-state index in [1.54, 1.807) is 13.4 Å². The van der Waals surface area contributed by atoms with Gasteiger partial charge in [0.2, 0.25) is 0 Å². The van der Waals surface area contributed by atoms with Crippen LogP contribution in [0.1, 0.15) is 50.3 Å². The number of furan rings is 1. The zero-order valence-corrected chi connectivity index (χ0v) is 20.0. The number of ether oxygens (including phenoxy) is 1. The van der Waals surface area contributed by atoms with Crippen LogP contribution in [-0.2, 0) is 9.59 Å². The molecule has 2 fully saturated rings. The van der Waals surface area contributed by atoms with Crippen molar-refractivity contribution in [3.8, 4) is 5.75 Å². The normalized spacial score (nSPS) is 18.7. The van der Waals surface area contributed by atoms with E-state index in [0.29, 0.717) is 6.54 Å². The van der Waals surface area contributed by atoms with Gasteiger partial charge in [0, 0.05) is 44.5 Å². The van der Waals surface area contributed by atoms with Gasteiger partial charge in [0.15, 0.2) is 0 Å². The Labute approximate surface area is 201 Å². The lowest BCUT2D eigenvalue weighted by molar-refractivity contribution is -0.139. The highest BCUT2D eigenvalue weighted by Crippen LogP contribution is 2.25. The van der Waals surface area contributed by atoms with E-state index in [2.05, 4.69) is 32.6 Å². The molecule has 2 heterocycles. The molecule has 4 rings (SSSR count).